The average molecular weight is 380 g/mol. The zero-order valence-electron chi connectivity index (χ0n) is 15.7. The van der Waals surface area contributed by atoms with Crippen molar-refractivity contribution < 1.29 is 19.5 Å². The number of carbonyl (C=O) groups is 3. The Bertz CT molecular complexity index is 931. The molecule has 4 rings (SSSR count). The van der Waals surface area contributed by atoms with Crippen molar-refractivity contribution in [3.8, 4) is 0 Å². The van der Waals surface area contributed by atoms with E-state index in [-0.39, 0.29) is 29.6 Å². The van der Waals surface area contributed by atoms with Gasteiger partial charge in [0.2, 0.25) is 5.91 Å². The van der Waals surface area contributed by atoms with E-state index in [1.807, 2.05) is 36.4 Å². The third-order valence-electron chi connectivity index (χ3n) is 6.24. The Kier molecular flexibility index (Phi) is 4.79. The highest BCUT2D eigenvalue weighted by Gasteiger charge is 2.59. The maximum Gasteiger partial charge on any atom is 0.307 e. The smallest absolute Gasteiger partial charge is 0.307 e. The van der Waals surface area contributed by atoms with E-state index >= 15 is 0 Å². The standard InChI is InChI=1S/C22H24N2O4/c25-19(24-11-8-22(9-12-24)14-18(22)21(27)28)7-10-23-20(26)17-6-5-15-3-1-2-4-16(15)13-17/h1-6,13,18H,7-12,14H2,(H,23,26)(H,27,28). The Hall–Kier alpha value is -2.89. The Morgan fingerprint density at radius 2 is 1.79 bits per heavy atom. The summed E-state index contributed by atoms with van der Waals surface area (Å²) in [6.45, 7) is 1.52. The summed E-state index contributed by atoms with van der Waals surface area (Å²) in [7, 11) is 0. The molecule has 2 aliphatic rings. The maximum atomic E-state index is 12.4. The van der Waals surface area contributed by atoms with Gasteiger partial charge >= 0.3 is 5.97 Å². The van der Waals surface area contributed by atoms with E-state index in [9.17, 15) is 14.4 Å². The Morgan fingerprint density at radius 3 is 2.46 bits per heavy atom. The maximum absolute atomic E-state index is 12.4. The summed E-state index contributed by atoms with van der Waals surface area (Å²) in [6.07, 6.45) is 2.53. The Morgan fingerprint density at radius 1 is 1.07 bits per heavy atom. The molecule has 1 saturated heterocycles. The number of likely N-dealkylation sites (tertiary alicyclic amines) is 1. The fourth-order valence-electron chi connectivity index (χ4n) is 4.32. The minimum atomic E-state index is -0.712. The molecule has 0 radical (unpaired) electrons. The largest absolute Gasteiger partial charge is 0.481 e. The molecule has 2 amide bonds. The van der Waals surface area contributed by atoms with Crippen molar-refractivity contribution in [2.75, 3.05) is 19.6 Å². The third kappa shape index (κ3) is 3.59. The SMILES string of the molecule is O=C(NCCC(=O)N1CCC2(CC1)CC2C(=O)O)c1ccc2ccccc2c1. The van der Waals surface area contributed by atoms with Gasteiger partial charge in [-0.1, -0.05) is 30.3 Å². The molecule has 1 spiro atoms. The number of aliphatic carboxylic acids is 1. The summed E-state index contributed by atoms with van der Waals surface area (Å²) < 4.78 is 0. The summed E-state index contributed by atoms with van der Waals surface area (Å²) in [5.74, 6) is -1.11. The number of hydrogen-bond donors (Lipinski definition) is 2. The number of benzene rings is 2. The van der Waals surface area contributed by atoms with Gasteiger partial charge in [-0.05, 0) is 47.6 Å². The number of amides is 2. The topological polar surface area (TPSA) is 86.7 Å². The van der Waals surface area contributed by atoms with Crippen molar-refractivity contribution in [3.05, 3.63) is 48.0 Å². The molecule has 6 heteroatoms. The lowest BCUT2D eigenvalue weighted by molar-refractivity contribution is -0.139. The van der Waals surface area contributed by atoms with Gasteiger partial charge in [-0.25, -0.2) is 0 Å². The Labute approximate surface area is 163 Å². The lowest BCUT2D eigenvalue weighted by Crippen LogP contribution is -2.41. The molecular formula is C22H24N2O4. The second kappa shape index (κ2) is 7.26. The van der Waals surface area contributed by atoms with E-state index in [0.29, 0.717) is 25.2 Å². The van der Waals surface area contributed by atoms with Crippen LogP contribution in [-0.4, -0.2) is 47.4 Å². The minimum Gasteiger partial charge on any atom is -0.481 e. The van der Waals surface area contributed by atoms with E-state index in [0.717, 1.165) is 30.0 Å². The summed E-state index contributed by atoms with van der Waals surface area (Å²) in [5, 5.41) is 14.1. The number of hydrogen-bond acceptors (Lipinski definition) is 3. The van der Waals surface area contributed by atoms with Crippen molar-refractivity contribution >= 4 is 28.6 Å². The predicted molar refractivity (Wildman–Crippen MR) is 105 cm³/mol. The molecule has 2 N–H and O–H groups in total. The first-order chi connectivity index (χ1) is 13.5. The first-order valence-corrected chi connectivity index (χ1v) is 9.76. The molecule has 0 aromatic heterocycles. The van der Waals surface area contributed by atoms with Crippen molar-refractivity contribution in [1.82, 2.24) is 10.2 Å². The fraction of sp³-hybridized carbons (Fsp3) is 0.409. The number of carbonyl (C=O) groups excluding carboxylic acids is 2. The number of piperidine rings is 1. The van der Waals surface area contributed by atoms with Gasteiger partial charge < -0.3 is 15.3 Å². The molecule has 1 aliphatic heterocycles. The van der Waals surface area contributed by atoms with Crippen molar-refractivity contribution in [1.29, 1.82) is 0 Å². The van der Waals surface area contributed by atoms with Gasteiger partial charge in [-0.15, -0.1) is 0 Å². The molecule has 28 heavy (non-hydrogen) atoms. The van der Waals surface area contributed by atoms with Gasteiger partial charge in [0.05, 0.1) is 5.92 Å². The highest BCUT2D eigenvalue weighted by Crippen LogP contribution is 2.59. The molecule has 146 valence electrons. The summed E-state index contributed by atoms with van der Waals surface area (Å²) in [5.41, 5.74) is 0.506. The van der Waals surface area contributed by atoms with Crippen LogP contribution in [0.4, 0.5) is 0 Å². The molecule has 6 nitrogen and oxygen atoms in total. The fourth-order valence-corrected chi connectivity index (χ4v) is 4.32. The van der Waals surface area contributed by atoms with E-state index in [1.165, 1.54) is 0 Å². The van der Waals surface area contributed by atoms with Crippen LogP contribution in [0.5, 0.6) is 0 Å². The number of carboxylic acids is 1. The number of carboxylic acid groups (broad SMARTS) is 1. The second-order valence-electron chi connectivity index (χ2n) is 7.91. The van der Waals surface area contributed by atoms with Crippen LogP contribution >= 0.6 is 0 Å². The molecule has 1 heterocycles. The number of rotatable bonds is 5. The monoisotopic (exact) mass is 380 g/mol. The molecular weight excluding hydrogens is 356 g/mol. The summed E-state index contributed by atoms with van der Waals surface area (Å²) in [4.78, 5) is 37.7. The van der Waals surface area contributed by atoms with E-state index in [1.54, 1.807) is 11.0 Å². The van der Waals surface area contributed by atoms with Crippen LogP contribution in [0.1, 0.15) is 36.0 Å². The number of nitrogens with zero attached hydrogens (tertiary/aromatic N) is 1. The molecule has 0 bridgehead atoms. The molecule has 1 unspecified atom stereocenters. The van der Waals surface area contributed by atoms with Crippen LogP contribution in [0.2, 0.25) is 0 Å². The van der Waals surface area contributed by atoms with Crippen molar-refractivity contribution in [2.45, 2.75) is 25.7 Å². The van der Waals surface area contributed by atoms with E-state index in [2.05, 4.69) is 5.32 Å². The molecule has 2 aromatic rings. The summed E-state index contributed by atoms with van der Waals surface area (Å²) >= 11 is 0. The van der Waals surface area contributed by atoms with Crippen LogP contribution in [0.25, 0.3) is 10.8 Å². The minimum absolute atomic E-state index is 0.0150. The molecule has 2 aromatic carbocycles. The predicted octanol–water partition coefficient (Wildman–Crippen LogP) is 2.67. The van der Waals surface area contributed by atoms with Gasteiger partial charge in [0.1, 0.15) is 0 Å². The van der Waals surface area contributed by atoms with Crippen LogP contribution in [0, 0.1) is 11.3 Å². The zero-order valence-corrected chi connectivity index (χ0v) is 15.7. The van der Waals surface area contributed by atoms with Gasteiger partial charge in [-0.2, -0.15) is 0 Å². The van der Waals surface area contributed by atoms with E-state index < -0.39 is 5.97 Å². The van der Waals surface area contributed by atoms with Gasteiger partial charge in [0.25, 0.3) is 5.91 Å². The lowest BCUT2D eigenvalue weighted by atomic mass is 9.90. The first kappa shape index (κ1) is 18.5. The van der Waals surface area contributed by atoms with Gasteiger partial charge in [0.15, 0.2) is 0 Å². The normalized spacial score (nSPS) is 20.1. The first-order valence-electron chi connectivity index (χ1n) is 9.76. The molecule has 1 saturated carbocycles. The molecule has 2 fully saturated rings. The third-order valence-corrected chi connectivity index (χ3v) is 6.24. The van der Waals surface area contributed by atoms with Crippen molar-refractivity contribution in [2.24, 2.45) is 11.3 Å². The van der Waals surface area contributed by atoms with Crippen LogP contribution < -0.4 is 5.32 Å². The highest BCUT2D eigenvalue weighted by molar-refractivity contribution is 5.98. The summed E-state index contributed by atoms with van der Waals surface area (Å²) in [6, 6.07) is 13.4. The second-order valence-corrected chi connectivity index (χ2v) is 7.91. The van der Waals surface area contributed by atoms with E-state index in [4.69, 9.17) is 5.11 Å². The quantitative estimate of drug-likeness (QED) is 0.835. The van der Waals surface area contributed by atoms with Crippen LogP contribution in [-0.2, 0) is 9.59 Å². The Balaban J connectivity index is 1.24. The average Bonchev–Trinajstić information content (AvgIpc) is 3.41. The van der Waals surface area contributed by atoms with Gasteiger partial charge in [0, 0.05) is 31.6 Å². The number of nitrogens with one attached hydrogen (secondary N) is 1. The molecule has 1 atom stereocenters. The van der Waals surface area contributed by atoms with Crippen molar-refractivity contribution in [3.63, 3.8) is 0 Å². The number of fused-ring (bicyclic) bond motifs is 1. The van der Waals surface area contributed by atoms with Crippen LogP contribution in [0.3, 0.4) is 0 Å². The zero-order chi connectivity index (χ0) is 19.7. The van der Waals surface area contributed by atoms with Crippen LogP contribution in [0.15, 0.2) is 42.5 Å². The lowest BCUT2D eigenvalue weighted by Gasteiger charge is -2.32. The van der Waals surface area contributed by atoms with Gasteiger partial charge in [-0.3, -0.25) is 14.4 Å². The molecule has 1 aliphatic carbocycles. The highest BCUT2D eigenvalue weighted by atomic mass is 16.4.